The van der Waals surface area contributed by atoms with Crippen molar-refractivity contribution in [3.05, 3.63) is 0 Å². The van der Waals surface area contributed by atoms with E-state index in [4.69, 9.17) is 4.74 Å². The molecule has 4 atom stereocenters. The quantitative estimate of drug-likeness (QED) is 0.657. The number of hydrogen-bond acceptors (Lipinski definition) is 2. The van der Waals surface area contributed by atoms with E-state index in [9.17, 15) is 5.11 Å². The van der Waals surface area contributed by atoms with Crippen molar-refractivity contribution in [2.75, 3.05) is 13.7 Å². The van der Waals surface area contributed by atoms with Crippen molar-refractivity contribution in [3.8, 4) is 0 Å². The van der Waals surface area contributed by atoms with Crippen molar-refractivity contribution in [3.63, 3.8) is 0 Å². The number of aliphatic hydroxyl groups is 1. The molecule has 0 saturated heterocycles. The minimum Gasteiger partial charge on any atom is -0.393 e. The number of ether oxygens (including phenoxy) is 1. The molecule has 0 bridgehead atoms. The molecule has 0 heterocycles. The molecule has 0 spiro atoms. The van der Waals surface area contributed by atoms with Crippen LogP contribution in [0.3, 0.4) is 0 Å². The fourth-order valence-corrected chi connectivity index (χ4v) is 2.26. The molecule has 0 aromatic heterocycles. The van der Waals surface area contributed by atoms with Crippen LogP contribution in [0.2, 0.25) is 0 Å². The zero-order chi connectivity index (χ0) is 12.6. The Kier molecular flexibility index (Phi) is 8.96. The van der Waals surface area contributed by atoms with Crippen molar-refractivity contribution < 1.29 is 9.84 Å². The SMILES string of the molecule is CCCCC(CC)C(O)C(C)C(C)COC. The maximum absolute atomic E-state index is 10.3. The molecule has 98 valence electrons. The van der Waals surface area contributed by atoms with E-state index < -0.39 is 0 Å². The monoisotopic (exact) mass is 230 g/mol. The normalized spacial score (nSPS) is 19.1. The van der Waals surface area contributed by atoms with E-state index in [2.05, 4.69) is 27.7 Å². The Bertz CT molecular complexity index is 157. The Morgan fingerprint density at radius 1 is 1.19 bits per heavy atom. The first-order valence-electron chi connectivity index (χ1n) is 6.75. The first-order valence-corrected chi connectivity index (χ1v) is 6.75. The molecule has 0 aromatic rings. The average molecular weight is 230 g/mol. The predicted molar refractivity (Wildman–Crippen MR) is 69.5 cm³/mol. The molecule has 1 N–H and O–H groups in total. The Hall–Kier alpha value is -0.0800. The summed E-state index contributed by atoms with van der Waals surface area (Å²) in [7, 11) is 1.73. The molecule has 0 rings (SSSR count). The van der Waals surface area contributed by atoms with Crippen LogP contribution < -0.4 is 0 Å². The lowest BCUT2D eigenvalue weighted by Crippen LogP contribution is -2.32. The largest absolute Gasteiger partial charge is 0.393 e. The smallest absolute Gasteiger partial charge is 0.0597 e. The maximum atomic E-state index is 10.3. The van der Waals surface area contributed by atoms with Gasteiger partial charge in [-0.05, 0) is 24.2 Å². The zero-order valence-corrected chi connectivity index (χ0v) is 11.7. The van der Waals surface area contributed by atoms with Crippen LogP contribution in [-0.2, 0) is 4.74 Å². The molecule has 0 fully saturated rings. The van der Waals surface area contributed by atoms with E-state index in [1.165, 1.54) is 12.8 Å². The van der Waals surface area contributed by atoms with Crippen molar-refractivity contribution in [1.29, 1.82) is 0 Å². The van der Waals surface area contributed by atoms with E-state index in [1.54, 1.807) is 7.11 Å². The number of methoxy groups -OCH3 is 1. The van der Waals surface area contributed by atoms with Gasteiger partial charge in [0.2, 0.25) is 0 Å². The molecular formula is C14H30O2. The summed E-state index contributed by atoms with van der Waals surface area (Å²) in [5, 5.41) is 10.3. The van der Waals surface area contributed by atoms with Gasteiger partial charge in [0, 0.05) is 13.7 Å². The third-order valence-electron chi connectivity index (χ3n) is 3.80. The summed E-state index contributed by atoms with van der Waals surface area (Å²) in [5.74, 6) is 1.20. The maximum Gasteiger partial charge on any atom is 0.0597 e. The molecule has 2 heteroatoms. The van der Waals surface area contributed by atoms with Crippen LogP contribution in [-0.4, -0.2) is 24.9 Å². The van der Waals surface area contributed by atoms with Gasteiger partial charge in [-0.15, -0.1) is 0 Å². The Labute approximate surface area is 101 Å². The van der Waals surface area contributed by atoms with Crippen LogP contribution >= 0.6 is 0 Å². The molecule has 0 saturated carbocycles. The molecule has 4 unspecified atom stereocenters. The first-order chi connectivity index (χ1) is 7.58. The fraction of sp³-hybridized carbons (Fsp3) is 1.00. The van der Waals surface area contributed by atoms with Gasteiger partial charge in [-0.2, -0.15) is 0 Å². The minimum absolute atomic E-state index is 0.179. The van der Waals surface area contributed by atoms with E-state index in [0.29, 0.717) is 17.8 Å². The van der Waals surface area contributed by atoms with E-state index in [0.717, 1.165) is 19.4 Å². The molecule has 0 radical (unpaired) electrons. The number of rotatable bonds is 9. The summed E-state index contributed by atoms with van der Waals surface area (Å²) < 4.78 is 5.16. The Morgan fingerprint density at radius 2 is 1.81 bits per heavy atom. The van der Waals surface area contributed by atoms with Gasteiger partial charge >= 0.3 is 0 Å². The first kappa shape index (κ1) is 15.9. The molecule has 2 nitrogen and oxygen atoms in total. The summed E-state index contributed by atoms with van der Waals surface area (Å²) in [5.41, 5.74) is 0. The van der Waals surface area contributed by atoms with Crippen LogP contribution in [0.15, 0.2) is 0 Å². The standard InChI is InChI=1S/C14H30O2/c1-6-8-9-13(7-2)14(15)12(4)11(3)10-16-5/h11-15H,6-10H2,1-5H3. The van der Waals surface area contributed by atoms with Gasteiger partial charge in [-0.3, -0.25) is 0 Å². The molecule has 0 aliphatic heterocycles. The minimum atomic E-state index is -0.179. The second-order valence-corrected chi connectivity index (χ2v) is 5.09. The summed E-state index contributed by atoms with van der Waals surface area (Å²) in [6, 6.07) is 0. The number of hydrogen-bond donors (Lipinski definition) is 1. The van der Waals surface area contributed by atoms with Crippen LogP contribution in [0.25, 0.3) is 0 Å². The number of unbranched alkanes of at least 4 members (excludes halogenated alkanes) is 1. The van der Waals surface area contributed by atoms with Gasteiger partial charge in [-0.25, -0.2) is 0 Å². The van der Waals surface area contributed by atoms with Crippen LogP contribution in [0, 0.1) is 17.8 Å². The van der Waals surface area contributed by atoms with Gasteiger partial charge < -0.3 is 9.84 Å². The molecular weight excluding hydrogens is 200 g/mol. The van der Waals surface area contributed by atoms with Gasteiger partial charge in [0.25, 0.3) is 0 Å². The summed E-state index contributed by atoms with van der Waals surface area (Å²) >= 11 is 0. The summed E-state index contributed by atoms with van der Waals surface area (Å²) in [6.45, 7) is 9.42. The molecule has 16 heavy (non-hydrogen) atoms. The number of aliphatic hydroxyl groups excluding tert-OH is 1. The third kappa shape index (κ3) is 5.31. The third-order valence-corrected chi connectivity index (χ3v) is 3.80. The molecule has 0 aliphatic carbocycles. The van der Waals surface area contributed by atoms with Crippen molar-refractivity contribution >= 4 is 0 Å². The van der Waals surface area contributed by atoms with E-state index >= 15 is 0 Å². The summed E-state index contributed by atoms with van der Waals surface area (Å²) in [6.07, 6.45) is 4.48. The van der Waals surface area contributed by atoms with Gasteiger partial charge in [0.05, 0.1) is 6.10 Å². The topological polar surface area (TPSA) is 29.5 Å². The van der Waals surface area contributed by atoms with Gasteiger partial charge in [0.1, 0.15) is 0 Å². The van der Waals surface area contributed by atoms with Crippen molar-refractivity contribution in [2.45, 2.75) is 59.5 Å². The van der Waals surface area contributed by atoms with E-state index in [-0.39, 0.29) is 6.10 Å². The molecule has 0 aromatic carbocycles. The lowest BCUT2D eigenvalue weighted by molar-refractivity contribution is 0.00927. The highest BCUT2D eigenvalue weighted by Crippen LogP contribution is 2.26. The van der Waals surface area contributed by atoms with Crippen LogP contribution in [0.1, 0.15) is 53.4 Å². The van der Waals surface area contributed by atoms with Gasteiger partial charge in [0.15, 0.2) is 0 Å². The second-order valence-electron chi connectivity index (χ2n) is 5.09. The Balaban J connectivity index is 4.19. The van der Waals surface area contributed by atoms with Crippen molar-refractivity contribution in [1.82, 2.24) is 0 Å². The highest BCUT2D eigenvalue weighted by atomic mass is 16.5. The second kappa shape index (κ2) is 9.00. The van der Waals surface area contributed by atoms with Crippen molar-refractivity contribution in [2.24, 2.45) is 17.8 Å². The molecule has 0 aliphatic rings. The van der Waals surface area contributed by atoms with Gasteiger partial charge in [-0.1, -0.05) is 47.0 Å². The lowest BCUT2D eigenvalue weighted by Gasteiger charge is -2.30. The zero-order valence-electron chi connectivity index (χ0n) is 11.7. The lowest BCUT2D eigenvalue weighted by atomic mass is 9.81. The summed E-state index contributed by atoms with van der Waals surface area (Å²) in [4.78, 5) is 0. The Morgan fingerprint density at radius 3 is 2.25 bits per heavy atom. The highest BCUT2D eigenvalue weighted by Gasteiger charge is 2.26. The average Bonchev–Trinajstić information content (AvgIpc) is 2.29. The molecule has 0 amide bonds. The predicted octanol–water partition coefficient (Wildman–Crippen LogP) is 3.48. The highest BCUT2D eigenvalue weighted by molar-refractivity contribution is 4.76. The van der Waals surface area contributed by atoms with Crippen LogP contribution in [0.4, 0.5) is 0 Å². The van der Waals surface area contributed by atoms with Crippen LogP contribution in [0.5, 0.6) is 0 Å². The fourth-order valence-electron chi connectivity index (χ4n) is 2.26. The van der Waals surface area contributed by atoms with E-state index in [1.807, 2.05) is 0 Å².